The first-order chi connectivity index (χ1) is 11.2. The third-order valence-electron chi connectivity index (χ3n) is 4.17. The molecule has 0 spiro atoms. The zero-order chi connectivity index (χ0) is 16.5. The zero-order valence-electron chi connectivity index (χ0n) is 14.6. The van der Waals surface area contributed by atoms with Gasteiger partial charge in [0.05, 0.1) is 6.10 Å². The summed E-state index contributed by atoms with van der Waals surface area (Å²) in [7, 11) is 1.81. The quantitative estimate of drug-likeness (QED) is 0.597. The Morgan fingerprint density at radius 3 is 2.91 bits per heavy atom. The van der Waals surface area contributed by atoms with Gasteiger partial charge in [-0.05, 0) is 44.4 Å². The van der Waals surface area contributed by atoms with Crippen LogP contribution in [0.5, 0.6) is 0 Å². The normalized spacial score (nSPS) is 18.0. The lowest BCUT2D eigenvalue weighted by Gasteiger charge is -2.24. The predicted octanol–water partition coefficient (Wildman–Crippen LogP) is 2.17. The van der Waals surface area contributed by atoms with Gasteiger partial charge in [0, 0.05) is 45.5 Å². The summed E-state index contributed by atoms with van der Waals surface area (Å²) in [6, 6.07) is 8.64. The molecule has 128 valence electrons. The summed E-state index contributed by atoms with van der Waals surface area (Å²) in [4.78, 5) is 6.65. The monoisotopic (exact) mass is 318 g/mol. The molecule has 23 heavy (non-hydrogen) atoms. The Hall–Kier alpha value is -1.75. The summed E-state index contributed by atoms with van der Waals surface area (Å²) in [5.41, 5.74) is 2.57. The van der Waals surface area contributed by atoms with Crippen molar-refractivity contribution in [3.8, 4) is 0 Å². The lowest BCUT2D eigenvalue weighted by molar-refractivity contribution is 0.114. The standard InChI is InChI=1S/C18H30N4O/c1-4-22(16-8-5-7-15(2)13-16)11-10-20-18(19-3)21-14-17-9-6-12-23-17/h5,7-8,13,17H,4,6,9-12,14H2,1-3H3,(H2,19,20,21). The van der Waals surface area contributed by atoms with Gasteiger partial charge in [-0.1, -0.05) is 12.1 Å². The van der Waals surface area contributed by atoms with Crippen molar-refractivity contribution in [2.75, 3.05) is 44.7 Å². The highest BCUT2D eigenvalue weighted by molar-refractivity contribution is 5.79. The highest BCUT2D eigenvalue weighted by atomic mass is 16.5. The first kappa shape index (κ1) is 17.6. The number of aliphatic imine (C=N–C) groups is 1. The van der Waals surface area contributed by atoms with E-state index in [0.29, 0.717) is 6.10 Å². The lowest BCUT2D eigenvalue weighted by Crippen LogP contribution is -2.44. The van der Waals surface area contributed by atoms with Crippen molar-refractivity contribution in [3.05, 3.63) is 29.8 Å². The number of nitrogens with zero attached hydrogens (tertiary/aromatic N) is 2. The number of nitrogens with one attached hydrogen (secondary N) is 2. The van der Waals surface area contributed by atoms with E-state index in [1.54, 1.807) is 0 Å². The Morgan fingerprint density at radius 1 is 1.39 bits per heavy atom. The van der Waals surface area contributed by atoms with Crippen LogP contribution in [0.15, 0.2) is 29.3 Å². The molecule has 0 amide bonds. The maximum atomic E-state index is 5.62. The highest BCUT2D eigenvalue weighted by Crippen LogP contribution is 2.15. The second-order valence-electron chi connectivity index (χ2n) is 5.93. The van der Waals surface area contributed by atoms with Crippen LogP contribution in [0.2, 0.25) is 0 Å². The van der Waals surface area contributed by atoms with Gasteiger partial charge in [-0.25, -0.2) is 0 Å². The van der Waals surface area contributed by atoms with Gasteiger partial charge < -0.3 is 20.3 Å². The zero-order valence-corrected chi connectivity index (χ0v) is 14.6. The van der Waals surface area contributed by atoms with Crippen LogP contribution in [0.4, 0.5) is 5.69 Å². The molecule has 0 aromatic heterocycles. The van der Waals surface area contributed by atoms with Crippen LogP contribution in [0.3, 0.4) is 0 Å². The minimum absolute atomic E-state index is 0.327. The molecule has 1 aromatic carbocycles. The summed E-state index contributed by atoms with van der Waals surface area (Å²) in [5, 5.41) is 6.73. The first-order valence-electron chi connectivity index (χ1n) is 8.60. The summed E-state index contributed by atoms with van der Waals surface area (Å²) < 4.78 is 5.62. The van der Waals surface area contributed by atoms with Crippen molar-refractivity contribution in [1.29, 1.82) is 0 Å². The number of benzene rings is 1. The van der Waals surface area contributed by atoms with E-state index in [1.807, 2.05) is 7.05 Å². The fourth-order valence-corrected chi connectivity index (χ4v) is 2.84. The third-order valence-corrected chi connectivity index (χ3v) is 4.17. The minimum Gasteiger partial charge on any atom is -0.376 e. The molecule has 5 nitrogen and oxygen atoms in total. The van der Waals surface area contributed by atoms with Crippen molar-refractivity contribution >= 4 is 11.6 Å². The van der Waals surface area contributed by atoms with E-state index in [4.69, 9.17) is 4.74 Å². The van der Waals surface area contributed by atoms with Crippen molar-refractivity contribution in [3.63, 3.8) is 0 Å². The van der Waals surface area contributed by atoms with Crippen LogP contribution in [0.25, 0.3) is 0 Å². The van der Waals surface area contributed by atoms with Gasteiger partial charge in [0.1, 0.15) is 0 Å². The van der Waals surface area contributed by atoms with Crippen molar-refractivity contribution in [2.24, 2.45) is 4.99 Å². The SMILES string of the molecule is CCN(CCNC(=NC)NCC1CCCO1)c1cccc(C)c1. The molecule has 1 aliphatic rings. The number of likely N-dealkylation sites (N-methyl/N-ethyl adjacent to an activating group) is 1. The van der Waals surface area contributed by atoms with Crippen molar-refractivity contribution in [1.82, 2.24) is 10.6 Å². The smallest absolute Gasteiger partial charge is 0.191 e. The minimum atomic E-state index is 0.327. The average molecular weight is 318 g/mol. The molecular formula is C18H30N4O. The molecule has 2 rings (SSSR count). The van der Waals surface area contributed by atoms with Crippen LogP contribution in [0.1, 0.15) is 25.3 Å². The number of guanidine groups is 1. The second-order valence-corrected chi connectivity index (χ2v) is 5.93. The van der Waals surface area contributed by atoms with Crippen LogP contribution in [0, 0.1) is 6.92 Å². The molecule has 1 aromatic rings. The molecule has 0 saturated carbocycles. The Kier molecular flexibility index (Phi) is 7.20. The van der Waals surface area contributed by atoms with Gasteiger partial charge in [-0.3, -0.25) is 4.99 Å². The maximum Gasteiger partial charge on any atom is 0.191 e. The van der Waals surface area contributed by atoms with E-state index >= 15 is 0 Å². The first-order valence-corrected chi connectivity index (χ1v) is 8.60. The number of ether oxygens (including phenoxy) is 1. The largest absolute Gasteiger partial charge is 0.376 e. The Balaban J connectivity index is 1.74. The van der Waals surface area contributed by atoms with Crippen LogP contribution < -0.4 is 15.5 Å². The number of hydrogen-bond acceptors (Lipinski definition) is 3. The number of aryl methyl sites for hydroxylation is 1. The van der Waals surface area contributed by atoms with E-state index in [2.05, 4.69) is 58.6 Å². The molecule has 1 atom stereocenters. The number of anilines is 1. The predicted molar refractivity (Wildman–Crippen MR) is 97.4 cm³/mol. The summed E-state index contributed by atoms with van der Waals surface area (Å²) in [6.07, 6.45) is 2.63. The molecule has 0 bridgehead atoms. The van der Waals surface area contributed by atoms with Gasteiger partial charge >= 0.3 is 0 Å². The van der Waals surface area contributed by atoms with Crippen molar-refractivity contribution < 1.29 is 4.74 Å². The fraction of sp³-hybridized carbons (Fsp3) is 0.611. The molecule has 0 radical (unpaired) electrons. The van der Waals surface area contributed by atoms with Gasteiger partial charge in [0.25, 0.3) is 0 Å². The Bertz CT molecular complexity index is 498. The topological polar surface area (TPSA) is 48.9 Å². The van der Waals surface area contributed by atoms with E-state index in [-0.39, 0.29) is 0 Å². The van der Waals surface area contributed by atoms with Crippen LogP contribution in [-0.2, 0) is 4.74 Å². The van der Waals surface area contributed by atoms with E-state index in [0.717, 1.165) is 45.2 Å². The molecule has 0 aliphatic carbocycles. The molecule has 5 heteroatoms. The van der Waals surface area contributed by atoms with Gasteiger partial charge in [0.2, 0.25) is 0 Å². The molecular weight excluding hydrogens is 288 g/mol. The summed E-state index contributed by atoms with van der Waals surface area (Å²) in [6.45, 7) is 8.83. The van der Waals surface area contributed by atoms with Crippen molar-refractivity contribution in [2.45, 2.75) is 32.8 Å². The fourth-order valence-electron chi connectivity index (χ4n) is 2.84. The molecule has 2 N–H and O–H groups in total. The molecule has 1 aliphatic heterocycles. The van der Waals surface area contributed by atoms with E-state index in [9.17, 15) is 0 Å². The summed E-state index contributed by atoms with van der Waals surface area (Å²) >= 11 is 0. The van der Waals surface area contributed by atoms with Gasteiger partial charge in [-0.15, -0.1) is 0 Å². The Labute approximate surface area is 140 Å². The highest BCUT2D eigenvalue weighted by Gasteiger charge is 2.15. The van der Waals surface area contributed by atoms with E-state index < -0.39 is 0 Å². The lowest BCUT2D eigenvalue weighted by atomic mass is 10.2. The molecule has 1 saturated heterocycles. The second kappa shape index (κ2) is 9.40. The van der Waals surface area contributed by atoms with Gasteiger partial charge in [-0.2, -0.15) is 0 Å². The Morgan fingerprint density at radius 2 is 2.26 bits per heavy atom. The van der Waals surface area contributed by atoms with Crippen LogP contribution in [-0.4, -0.2) is 51.9 Å². The maximum absolute atomic E-state index is 5.62. The van der Waals surface area contributed by atoms with Crippen LogP contribution >= 0.6 is 0 Å². The summed E-state index contributed by atoms with van der Waals surface area (Å²) in [5.74, 6) is 0.848. The average Bonchev–Trinajstić information content (AvgIpc) is 3.08. The number of hydrogen-bond donors (Lipinski definition) is 2. The number of rotatable bonds is 7. The van der Waals surface area contributed by atoms with E-state index in [1.165, 1.54) is 17.7 Å². The molecule has 1 fully saturated rings. The third kappa shape index (κ3) is 5.75. The molecule has 1 heterocycles. The molecule has 1 unspecified atom stereocenters. The van der Waals surface area contributed by atoms with Gasteiger partial charge in [0.15, 0.2) is 5.96 Å².